The van der Waals surface area contributed by atoms with Crippen LogP contribution in [0.25, 0.3) is 0 Å². The molecule has 0 radical (unpaired) electrons. The maximum Gasteiger partial charge on any atom is 0.228 e. The molecule has 0 spiro atoms. The molecule has 1 saturated heterocycles. The average molecular weight is 357 g/mol. The highest BCUT2D eigenvalue weighted by Gasteiger charge is 2.49. The highest BCUT2D eigenvalue weighted by Crippen LogP contribution is 2.44. The molecule has 6 heteroatoms. The molecule has 1 heterocycles. The van der Waals surface area contributed by atoms with Gasteiger partial charge in [-0.1, -0.05) is 18.9 Å². The van der Waals surface area contributed by atoms with Gasteiger partial charge in [-0.15, -0.1) is 12.4 Å². The fourth-order valence-corrected chi connectivity index (χ4v) is 4.07. The van der Waals surface area contributed by atoms with Crippen LogP contribution in [0.1, 0.15) is 44.2 Å². The van der Waals surface area contributed by atoms with E-state index in [1.54, 1.807) is 12.1 Å². The van der Waals surface area contributed by atoms with Crippen molar-refractivity contribution < 1.29 is 13.9 Å². The van der Waals surface area contributed by atoms with E-state index in [4.69, 9.17) is 4.74 Å². The Bertz CT molecular complexity index is 598. The monoisotopic (exact) mass is 356 g/mol. The fourth-order valence-electron chi connectivity index (χ4n) is 4.07. The maximum atomic E-state index is 13.9. The van der Waals surface area contributed by atoms with Gasteiger partial charge in [0.05, 0.1) is 18.6 Å². The number of fused-ring (bicyclic) bond motifs is 1. The summed E-state index contributed by atoms with van der Waals surface area (Å²) in [6.45, 7) is 3.59. The second kappa shape index (κ2) is 7.70. The van der Waals surface area contributed by atoms with Crippen LogP contribution in [0, 0.1) is 17.2 Å². The molecule has 1 amide bonds. The van der Waals surface area contributed by atoms with Crippen LogP contribution in [0.15, 0.2) is 18.2 Å². The summed E-state index contributed by atoms with van der Waals surface area (Å²) in [7, 11) is 1.44. The molecular formula is C18H26ClFN2O2. The zero-order chi connectivity index (χ0) is 16.4. The lowest BCUT2D eigenvalue weighted by molar-refractivity contribution is -0.134. The van der Waals surface area contributed by atoms with E-state index in [0.29, 0.717) is 5.92 Å². The van der Waals surface area contributed by atoms with E-state index >= 15 is 0 Å². The Balaban J connectivity index is 0.00000208. The number of amides is 1. The first-order valence-electron chi connectivity index (χ1n) is 8.42. The first-order chi connectivity index (χ1) is 11.1. The molecule has 2 N–H and O–H groups in total. The summed E-state index contributed by atoms with van der Waals surface area (Å²) >= 11 is 0. The average Bonchev–Trinajstić information content (AvgIpc) is 3.00. The molecule has 1 unspecified atom stereocenters. The van der Waals surface area contributed by atoms with Crippen molar-refractivity contribution in [1.29, 1.82) is 0 Å². The van der Waals surface area contributed by atoms with Gasteiger partial charge in [0.25, 0.3) is 0 Å². The third-order valence-corrected chi connectivity index (χ3v) is 5.51. The van der Waals surface area contributed by atoms with Crippen LogP contribution < -0.4 is 15.4 Å². The van der Waals surface area contributed by atoms with Crippen molar-refractivity contribution in [2.24, 2.45) is 11.3 Å². The van der Waals surface area contributed by atoms with E-state index in [9.17, 15) is 9.18 Å². The van der Waals surface area contributed by atoms with Gasteiger partial charge < -0.3 is 15.4 Å². The minimum Gasteiger partial charge on any atom is -0.494 e. The Morgan fingerprint density at radius 1 is 1.46 bits per heavy atom. The van der Waals surface area contributed by atoms with Crippen LogP contribution in [0.2, 0.25) is 0 Å². The number of benzene rings is 1. The lowest BCUT2D eigenvalue weighted by Gasteiger charge is -2.38. The van der Waals surface area contributed by atoms with E-state index < -0.39 is 5.82 Å². The maximum absolute atomic E-state index is 13.9. The van der Waals surface area contributed by atoms with Crippen LogP contribution in [-0.2, 0) is 4.79 Å². The molecule has 0 aromatic heterocycles. The number of hydrogen-bond acceptors (Lipinski definition) is 3. The topological polar surface area (TPSA) is 50.4 Å². The molecule has 134 valence electrons. The Morgan fingerprint density at radius 3 is 2.96 bits per heavy atom. The lowest BCUT2D eigenvalue weighted by Crippen LogP contribution is -2.48. The number of carbonyl (C=O) groups is 1. The first-order valence-corrected chi connectivity index (χ1v) is 8.42. The molecule has 1 aromatic rings. The minimum absolute atomic E-state index is 0. The highest BCUT2D eigenvalue weighted by atomic mass is 35.5. The summed E-state index contributed by atoms with van der Waals surface area (Å²) in [5.74, 6) is 0.354. The van der Waals surface area contributed by atoms with Gasteiger partial charge in [-0.25, -0.2) is 4.39 Å². The number of carbonyl (C=O) groups excluding carboxylic acids is 1. The van der Waals surface area contributed by atoms with Gasteiger partial charge in [0.2, 0.25) is 5.91 Å². The van der Waals surface area contributed by atoms with E-state index in [-0.39, 0.29) is 35.5 Å². The number of ether oxygens (including phenoxy) is 1. The van der Waals surface area contributed by atoms with Crippen molar-refractivity contribution in [3.63, 3.8) is 0 Å². The van der Waals surface area contributed by atoms with E-state index in [1.165, 1.54) is 19.6 Å². The zero-order valence-corrected chi connectivity index (χ0v) is 15.0. The highest BCUT2D eigenvalue weighted by molar-refractivity contribution is 5.85. The number of nitrogens with one attached hydrogen (secondary N) is 2. The summed E-state index contributed by atoms with van der Waals surface area (Å²) in [5.41, 5.74) is 0.476. The van der Waals surface area contributed by atoms with Crippen molar-refractivity contribution in [2.45, 2.75) is 38.6 Å². The SMILES string of the molecule is COc1ccc(C(C)NC(=O)[C@@]23CCCC[C@H]2CNC3)cc1F.Cl. The molecule has 2 aliphatic rings. The van der Waals surface area contributed by atoms with Crippen LogP contribution >= 0.6 is 12.4 Å². The molecule has 3 atom stereocenters. The van der Waals surface area contributed by atoms with Crippen LogP contribution in [0.5, 0.6) is 5.75 Å². The molecule has 2 fully saturated rings. The summed E-state index contributed by atoms with van der Waals surface area (Å²) in [4.78, 5) is 12.9. The number of methoxy groups -OCH3 is 1. The Labute approximate surface area is 148 Å². The predicted octanol–water partition coefficient (Wildman–Crippen LogP) is 3.21. The lowest BCUT2D eigenvalue weighted by atomic mass is 9.67. The van der Waals surface area contributed by atoms with Crippen molar-refractivity contribution >= 4 is 18.3 Å². The summed E-state index contributed by atoms with van der Waals surface area (Å²) in [5, 5.41) is 6.49. The molecular weight excluding hydrogens is 331 g/mol. The first kappa shape index (κ1) is 19.0. The number of rotatable bonds is 4. The Morgan fingerprint density at radius 2 is 2.25 bits per heavy atom. The van der Waals surface area contributed by atoms with E-state index in [2.05, 4.69) is 10.6 Å². The Hall–Kier alpha value is -1.33. The van der Waals surface area contributed by atoms with Gasteiger partial charge >= 0.3 is 0 Å². The second-order valence-corrected chi connectivity index (χ2v) is 6.82. The fraction of sp³-hybridized carbons (Fsp3) is 0.611. The zero-order valence-electron chi connectivity index (χ0n) is 14.2. The summed E-state index contributed by atoms with van der Waals surface area (Å²) < 4.78 is 18.8. The van der Waals surface area contributed by atoms with Crippen molar-refractivity contribution in [3.8, 4) is 5.75 Å². The summed E-state index contributed by atoms with van der Waals surface area (Å²) in [6.07, 6.45) is 4.38. The summed E-state index contributed by atoms with van der Waals surface area (Å²) in [6, 6.07) is 4.62. The molecule has 24 heavy (non-hydrogen) atoms. The quantitative estimate of drug-likeness (QED) is 0.871. The van der Waals surface area contributed by atoms with Gasteiger partial charge in [0.1, 0.15) is 0 Å². The minimum atomic E-state index is -0.401. The van der Waals surface area contributed by atoms with Crippen molar-refractivity contribution in [2.75, 3.05) is 20.2 Å². The van der Waals surface area contributed by atoms with Gasteiger partial charge in [-0.05, 0) is 49.9 Å². The predicted molar refractivity (Wildman–Crippen MR) is 94.0 cm³/mol. The normalized spacial score (nSPS) is 26.9. The molecule has 3 rings (SSSR count). The molecule has 1 aliphatic heterocycles. The largest absolute Gasteiger partial charge is 0.494 e. The Kier molecular flexibility index (Phi) is 6.10. The number of halogens is 2. The third-order valence-electron chi connectivity index (χ3n) is 5.51. The second-order valence-electron chi connectivity index (χ2n) is 6.82. The smallest absolute Gasteiger partial charge is 0.228 e. The molecule has 1 aromatic carbocycles. The van der Waals surface area contributed by atoms with Crippen LogP contribution in [-0.4, -0.2) is 26.1 Å². The standard InChI is InChI=1S/C18H25FN2O2.ClH/c1-12(13-6-7-16(23-2)15(19)9-13)21-17(22)18-8-4-3-5-14(18)10-20-11-18;/h6-7,9,12,14,20H,3-5,8,10-11H2,1-2H3,(H,21,22);1H/t12?,14-,18+;/m0./s1. The van der Waals surface area contributed by atoms with Crippen molar-refractivity contribution in [3.05, 3.63) is 29.6 Å². The number of hydrogen-bond donors (Lipinski definition) is 2. The van der Waals surface area contributed by atoms with Gasteiger partial charge in [0, 0.05) is 6.54 Å². The molecule has 0 bridgehead atoms. The molecule has 4 nitrogen and oxygen atoms in total. The van der Waals surface area contributed by atoms with Crippen LogP contribution in [0.4, 0.5) is 4.39 Å². The van der Waals surface area contributed by atoms with Crippen LogP contribution in [0.3, 0.4) is 0 Å². The van der Waals surface area contributed by atoms with E-state index in [0.717, 1.165) is 37.9 Å². The van der Waals surface area contributed by atoms with Crippen molar-refractivity contribution in [1.82, 2.24) is 10.6 Å². The van der Waals surface area contributed by atoms with Gasteiger partial charge in [0.15, 0.2) is 11.6 Å². The third kappa shape index (κ3) is 3.38. The molecule has 1 saturated carbocycles. The van der Waals surface area contributed by atoms with E-state index in [1.807, 2.05) is 6.92 Å². The van der Waals surface area contributed by atoms with Gasteiger partial charge in [-0.3, -0.25) is 4.79 Å². The molecule has 1 aliphatic carbocycles. The van der Waals surface area contributed by atoms with Gasteiger partial charge in [-0.2, -0.15) is 0 Å².